The second-order valence-corrected chi connectivity index (χ2v) is 12.0. The number of fused-ring (bicyclic) bond motifs is 2. The predicted molar refractivity (Wildman–Crippen MR) is 171 cm³/mol. The van der Waals surface area contributed by atoms with Gasteiger partial charge in [0.05, 0.1) is 23.6 Å². The number of allylic oxidation sites excluding steroid dienone is 4. The van der Waals surface area contributed by atoms with Crippen LogP contribution in [0.2, 0.25) is 0 Å². The first kappa shape index (κ1) is 36.4. The molecule has 0 spiro atoms. The Morgan fingerprint density at radius 2 is 1.88 bits per heavy atom. The maximum Gasteiger partial charge on any atom is 0.405 e. The molecule has 2 aliphatic rings. The van der Waals surface area contributed by atoms with E-state index in [9.17, 15) is 24.3 Å². The highest BCUT2D eigenvalue weighted by molar-refractivity contribution is 14.1. The van der Waals surface area contributed by atoms with E-state index in [1.807, 2.05) is 13.8 Å². The normalized spacial score (nSPS) is 31.3. The number of nitrogens with one attached hydrogen (secondary N) is 2. The highest BCUT2D eigenvalue weighted by Crippen LogP contribution is 2.29. The Morgan fingerprint density at radius 1 is 1.19 bits per heavy atom. The molecular weight excluding hydrogens is 669 g/mol. The molecule has 0 aromatic heterocycles. The minimum absolute atomic E-state index is 0.104. The largest absolute Gasteiger partial charge is 0.439 e. The van der Waals surface area contributed by atoms with Crippen LogP contribution in [0.3, 0.4) is 0 Å². The molecule has 2 bridgehead atoms. The lowest BCUT2D eigenvalue weighted by Crippen LogP contribution is -2.38. The van der Waals surface area contributed by atoms with Crippen molar-refractivity contribution >= 4 is 46.2 Å². The summed E-state index contributed by atoms with van der Waals surface area (Å²) in [5.74, 6) is -2.00. The van der Waals surface area contributed by atoms with Crippen molar-refractivity contribution in [3.05, 3.63) is 58.5 Å². The quantitative estimate of drug-likeness (QED) is 0.102. The maximum atomic E-state index is 13.6. The smallest absolute Gasteiger partial charge is 0.405 e. The van der Waals surface area contributed by atoms with Gasteiger partial charge in [0.15, 0.2) is 6.10 Å². The van der Waals surface area contributed by atoms with Crippen molar-refractivity contribution in [3.63, 3.8) is 0 Å². The van der Waals surface area contributed by atoms with Gasteiger partial charge in [-0.25, -0.2) is 4.79 Å². The van der Waals surface area contributed by atoms with Crippen molar-refractivity contribution in [1.29, 1.82) is 0 Å². The van der Waals surface area contributed by atoms with Gasteiger partial charge < -0.3 is 35.7 Å². The minimum Gasteiger partial charge on any atom is -0.439 e. The highest BCUT2D eigenvalue weighted by Gasteiger charge is 2.33. The molecule has 1 heterocycles. The van der Waals surface area contributed by atoms with Gasteiger partial charge >= 0.3 is 6.09 Å². The Labute approximate surface area is 267 Å². The number of rotatable bonds is 7. The van der Waals surface area contributed by atoms with Gasteiger partial charge in [0.1, 0.15) is 6.10 Å². The number of carbonyl (C=O) groups is 4. The fraction of sp³-hybridized carbons (Fsp3) is 0.548. The lowest BCUT2D eigenvalue weighted by molar-refractivity contribution is -0.120. The summed E-state index contributed by atoms with van der Waals surface area (Å²) in [5, 5.41) is 17.0. The van der Waals surface area contributed by atoms with Crippen LogP contribution in [0.5, 0.6) is 0 Å². The summed E-state index contributed by atoms with van der Waals surface area (Å²) in [4.78, 5) is 51.6. The molecule has 5 N–H and O–H groups in total. The molecule has 0 saturated carbocycles. The third-order valence-corrected chi connectivity index (χ3v) is 8.17. The fourth-order valence-corrected chi connectivity index (χ4v) is 5.44. The molecule has 0 aromatic rings. The number of primary amides is 1. The van der Waals surface area contributed by atoms with Crippen molar-refractivity contribution in [3.8, 4) is 0 Å². The van der Waals surface area contributed by atoms with Crippen molar-refractivity contribution in [2.24, 2.45) is 17.6 Å². The SMILES string of the molecule is CO[C@H]1/C=C/C=C(/C)C(=O)NC2=CC(=O)C(NCCCI)=C(C[C@@H](C)C[C@H](OC)[C@H](O)[C@@H](C)/C=C(\C)[C@@H]1OC(N)=O)C2=O. The van der Waals surface area contributed by atoms with Gasteiger partial charge in [-0.1, -0.05) is 60.7 Å². The van der Waals surface area contributed by atoms with Gasteiger partial charge in [0, 0.05) is 48.3 Å². The lowest BCUT2D eigenvalue weighted by atomic mass is 9.85. The van der Waals surface area contributed by atoms with E-state index >= 15 is 0 Å². The molecular formula is C31H44IN3O8. The summed E-state index contributed by atoms with van der Waals surface area (Å²) in [5.41, 5.74) is 6.61. The molecule has 11 nitrogen and oxygen atoms in total. The number of methoxy groups -OCH3 is 2. The Hall–Kier alpha value is -2.81. The first-order valence-electron chi connectivity index (χ1n) is 14.2. The first-order valence-corrected chi connectivity index (χ1v) is 15.7. The van der Waals surface area contributed by atoms with Gasteiger partial charge in [-0.05, 0) is 44.6 Å². The average molecular weight is 714 g/mol. The van der Waals surface area contributed by atoms with Crippen LogP contribution in [0.15, 0.2) is 58.5 Å². The first-order chi connectivity index (χ1) is 20.3. The molecule has 1 aliphatic carbocycles. The van der Waals surface area contributed by atoms with Crippen molar-refractivity contribution in [2.75, 3.05) is 25.2 Å². The van der Waals surface area contributed by atoms with E-state index in [4.69, 9.17) is 19.9 Å². The highest BCUT2D eigenvalue weighted by atomic mass is 127. The zero-order chi connectivity index (χ0) is 32.3. The third-order valence-electron chi connectivity index (χ3n) is 7.41. The summed E-state index contributed by atoms with van der Waals surface area (Å²) in [7, 11) is 2.94. The van der Waals surface area contributed by atoms with Crippen LogP contribution in [0.1, 0.15) is 47.0 Å². The zero-order valence-corrected chi connectivity index (χ0v) is 27.8. The third kappa shape index (κ3) is 10.4. The number of aliphatic hydroxyl groups is 1. The Balaban J connectivity index is 2.61. The van der Waals surface area contributed by atoms with E-state index in [0.29, 0.717) is 18.5 Å². The van der Waals surface area contributed by atoms with E-state index in [2.05, 4.69) is 33.2 Å². The van der Waals surface area contributed by atoms with E-state index < -0.39 is 48.1 Å². The summed E-state index contributed by atoms with van der Waals surface area (Å²) < 4.78 is 17.5. The number of alkyl halides is 1. The molecule has 2 amide bonds. The second-order valence-electron chi connectivity index (χ2n) is 10.9. The van der Waals surface area contributed by atoms with Gasteiger partial charge in [-0.2, -0.15) is 0 Å². The molecule has 43 heavy (non-hydrogen) atoms. The number of Topliss-reactive ketones (excluding diaryl/α,β-unsaturated/α-hetero) is 1. The summed E-state index contributed by atoms with van der Waals surface area (Å²) >= 11 is 2.24. The Kier molecular flexibility index (Phi) is 14.8. The molecule has 6 atom stereocenters. The van der Waals surface area contributed by atoms with Gasteiger partial charge in [0.25, 0.3) is 5.91 Å². The van der Waals surface area contributed by atoms with E-state index in [1.165, 1.54) is 20.3 Å². The van der Waals surface area contributed by atoms with E-state index in [-0.39, 0.29) is 40.7 Å². The van der Waals surface area contributed by atoms with Crippen molar-refractivity contribution < 1.29 is 38.5 Å². The van der Waals surface area contributed by atoms with Crippen LogP contribution in [0.25, 0.3) is 0 Å². The Morgan fingerprint density at radius 3 is 2.49 bits per heavy atom. The molecule has 0 unspecified atom stereocenters. The van der Waals surface area contributed by atoms with Crippen LogP contribution in [0.4, 0.5) is 4.79 Å². The van der Waals surface area contributed by atoms with Crippen molar-refractivity contribution in [2.45, 2.75) is 71.4 Å². The molecule has 238 valence electrons. The van der Waals surface area contributed by atoms with Gasteiger partial charge in [-0.15, -0.1) is 0 Å². The minimum atomic E-state index is -0.995. The van der Waals surface area contributed by atoms with Crippen molar-refractivity contribution in [1.82, 2.24) is 10.6 Å². The second kappa shape index (κ2) is 17.5. The number of amides is 2. The molecule has 0 fully saturated rings. The van der Waals surface area contributed by atoms with Crippen LogP contribution >= 0.6 is 22.6 Å². The van der Waals surface area contributed by atoms with E-state index in [0.717, 1.165) is 16.9 Å². The molecule has 2 rings (SSSR count). The molecule has 0 saturated heterocycles. The lowest BCUT2D eigenvalue weighted by Gasteiger charge is -2.30. The summed E-state index contributed by atoms with van der Waals surface area (Å²) in [6, 6.07) is 0. The number of carbonyl (C=O) groups excluding carboxylic acids is 4. The van der Waals surface area contributed by atoms with Crippen LogP contribution in [-0.2, 0) is 28.6 Å². The van der Waals surface area contributed by atoms with E-state index in [1.54, 1.807) is 32.1 Å². The van der Waals surface area contributed by atoms with Crippen LogP contribution in [-0.4, -0.2) is 78.3 Å². The average Bonchev–Trinajstić information content (AvgIpc) is 2.95. The van der Waals surface area contributed by atoms with Gasteiger partial charge in [-0.3, -0.25) is 14.4 Å². The summed E-state index contributed by atoms with van der Waals surface area (Å²) in [6.45, 7) is 7.55. The number of aliphatic hydroxyl groups excluding tert-OH is 1. The van der Waals surface area contributed by atoms with Crippen LogP contribution < -0.4 is 16.4 Å². The predicted octanol–water partition coefficient (Wildman–Crippen LogP) is 3.18. The number of halogens is 1. The van der Waals surface area contributed by atoms with Gasteiger partial charge in [0.2, 0.25) is 11.6 Å². The number of ketones is 2. The number of nitrogens with two attached hydrogens (primary N) is 1. The molecule has 1 aliphatic heterocycles. The standard InChI is InChI=1S/C31H44IN3O8/c1-17-13-21-26(34-12-8-11-32)23(36)16-22(28(21)38)35-30(39)18(2)9-7-10-24(41-5)29(43-31(33)40)20(4)15-19(3)27(37)25(14-17)42-6/h7,9-10,15-17,19,24-25,27,29,34,37H,8,11-14H2,1-6H3,(H2,33,40)(H,35,39)/b10-7+,18-9-,20-15+/t17-,19+,24+,25+,27-,29+/m1/s1. The molecule has 0 aromatic carbocycles. The number of hydrogen-bond donors (Lipinski definition) is 4. The zero-order valence-electron chi connectivity index (χ0n) is 25.6. The molecule has 0 radical (unpaired) electrons. The number of ether oxygens (including phenoxy) is 3. The monoisotopic (exact) mass is 713 g/mol. The fourth-order valence-electron chi connectivity index (χ4n) is 5.06. The maximum absolute atomic E-state index is 13.6. The molecule has 12 heteroatoms. The summed E-state index contributed by atoms with van der Waals surface area (Å²) in [6.07, 6.45) is 4.76. The number of hydrogen-bond acceptors (Lipinski definition) is 9. The Bertz CT molecular complexity index is 1210. The topological polar surface area (TPSA) is 166 Å². The van der Waals surface area contributed by atoms with Crippen LogP contribution in [0, 0.1) is 11.8 Å².